The summed E-state index contributed by atoms with van der Waals surface area (Å²) in [6.07, 6.45) is 0.460. The summed E-state index contributed by atoms with van der Waals surface area (Å²) >= 11 is 0. The van der Waals surface area contributed by atoms with Gasteiger partial charge in [-0.15, -0.1) is 0 Å². The standard InChI is InChI=1S/C18H18F3NO2.C18H21FN2O2.CH2O/c1-9-4-12(19)5-10(2)17(9)11-6-13(18(21)14(20)7-11)15(22-3)8-16(23)24;1-12(2)10-11-20-17(22)16-9-4-13(3)21(18(16)23)15-7-5-14(19)6-8-15;1-2/h4-7,15,22H,8H2,1-3H3,(H,23,24);4-9,12H,10-11H2,1-3H3,(H,20,22);1H2. The van der Waals surface area contributed by atoms with Gasteiger partial charge in [0.1, 0.15) is 24.0 Å². The number of carbonyl (C=O) groups excluding carboxylic acids is 2. The van der Waals surface area contributed by atoms with Crippen LogP contribution in [0, 0.1) is 50.0 Å². The van der Waals surface area contributed by atoms with Gasteiger partial charge in [-0.3, -0.25) is 19.0 Å². The van der Waals surface area contributed by atoms with Crippen molar-refractivity contribution in [1.82, 2.24) is 15.2 Å². The van der Waals surface area contributed by atoms with Crippen LogP contribution in [-0.4, -0.2) is 41.9 Å². The Morgan fingerprint density at radius 2 is 1.47 bits per heavy atom. The van der Waals surface area contributed by atoms with Crippen LogP contribution in [0.25, 0.3) is 16.8 Å². The predicted octanol–water partition coefficient (Wildman–Crippen LogP) is 7.00. The fraction of sp³-hybridized carbons (Fsp3) is 0.297. The monoisotopic (exact) mass is 683 g/mol. The van der Waals surface area contributed by atoms with Crippen molar-refractivity contribution in [2.45, 2.75) is 53.5 Å². The lowest BCUT2D eigenvalue weighted by Gasteiger charge is -2.18. The van der Waals surface area contributed by atoms with Gasteiger partial charge in [0.2, 0.25) is 0 Å². The first kappa shape index (κ1) is 40.1. The number of aliphatic carboxylic acids is 1. The number of nitrogens with zero attached hydrogens (tertiary/aromatic N) is 1. The second-order valence-electron chi connectivity index (χ2n) is 11.7. The lowest BCUT2D eigenvalue weighted by molar-refractivity contribution is -0.137. The van der Waals surface area contributed by atoms with Gasteiger partial charge in [0, 0.05) is 29.5 Å². The highest BCUT2D eigenvalue weighted by atomic mass is 19.2. The number of aromatic nitrogens is 1. The molecule has 0 fully saturated rings. The molecule has 0 aliphatic carbocycles. The summed E-state index contributed by atoms with van der Waals surface area (Å²) in [6, 6.07) is 13.1. The van der Waals surface area contributed by atoms with Gasteiger partial charge in [0.15, 0.2) is 11.6 Å². The van der Waals surface area contributed by atoms with Gasteiger partial charge >= 0.3 is 5.97 Å². The maximum Gasteiger partial charge on any atom is 0.305 e. The average molecular weight is 684 g/mol. The topological polar surface area (TPSA) is 118 Å². The van der Waals surface area contributed by atoms with Crippen LogP contribution in [0.15, 0.2) is 65.5 Å². The third kappa shape index (κ3) is 10.7. The van der Waals surface area contributed by atoms with Gasteiger partial charge in [-0.25, -0.2) is 17.6 Å². The Kier molecular flexibility index (Phi) is 15.1. The molecular formula is C37H41F4N3O5. The van der Waals surface area contributed by atoms with E-state index in [1.807, 2.05) is 6.79 Å². The highest BCUT2D eigenvalue weighted by Gasteiger charge is 2.22. The fourth-order valence-corrected chi connectivity index (χ4v) is 5.20. The summed E-state index contributed by atoms with van der Waals surface area (Å²) < 4.78 is 56.2. The smallest absolute Gasteiger partial charge is 0.305 e. The second-order valence-corrected chi connectivity index (χ2v) is 11.7. The normalized spacial score (nSPS) is 11.2. The van der Waals surface area contributed by atoms with Crippen molar-refractivity contribution in [2.75, 3.05) is 13.6 Å². The summed E-state index contributed by atoms with van der Waals surface area (Å²) in [7, 11) is 1.48. The predicted molar refractivity (Wildman–Crippen MR) is 181 cm³/mol. The van der Waals surface area contributed by atoms with E-state index in [0.717, 1.165) is 12.5 Å². The third-order valence-electron chi connectivity index (χ3n) is 7.56. The van der Waals surface area contributed by atoms with E-state index >= 15 is 0 Å². The van der Waals surface area contributed by atoms with Crippen molar-refractivity contribution in [3.05, 3.63) is 122 Å². The summed E-state index contributed by atoms with van der Waals surface area (Å²) in [5.74, 6) is -3.98. The molecule has 1 atom stereocenters. The molecule has 1 amide bonds. The van der Waals surface area contributed by atoms with Crippen molar-refractivity contribution >= 4 is 18.7 Å². The fourth-order valence-electron chi connectivity index (χ4n) is 5.20. The number of rotatable bonds is 10. The van der Waals surface area contributed by atoms with Crippen LogP contribution in [0.5, 0.6) is 0 Å². The molecular weight excluding hydrogens is 642 g/mol. The molecule has 49 heavy (non-hydrogen) atoms. The van der Waals surface area contributed by atoms with E-state index in [-0.39, 0.29) is 22.9 Å². The van der Waals surface area contributed by atoms with Crippen molar-refractivity contribution in [1.29, 1.82) is 0 Å². The number of pyridine rings is 1. The number of benzene rings is 3. The first-order chi connectivity index (χ1) is 23.1. The third-order valence-corrected chi connectivity index (χ3v) is 7.56. The Hall–Kier alpha value is -5.10. The molecule has 8 nitrogen and oxygen atoms in total. The van der Waals surface area contributed by atoms with E-state index in [9.17, 15) is 31.9 Å². The Balaban J connectivity index is 0.000000324. The number of hydrogen-bond acceptors (Lipinski definition) is 5. The molecule has 4 rings (SSSR count). The van der Waals surface area contributed by atoms with E-state index in [4.69, 9.17) is 9.90 Å². The molecule has 0 aliphatic rings. The molecule has 4 aromatic rings. The molecule has 1 aromatic heterocycles. The molecule has 1 heterocycles. The first-order valence-corrected chi connectivity index (χ1v) is 15.3. The lowest BCUT2D eigenvalue weighted by atomic mass is 9.92. The maximum atomic E-state index is 14.2. The Labute approximate surface area is 282 Å². The van der Waals surface area contributed by atoms with Crippen molar-refractivity contribution in [3.8, 4) is 16.8 Å². The molecule has 3 N–H and O–H groups in total. The van der Waals surface area contributed by atoms with E-state index in [1.54, 1.807) is 26.8 Å². The Morgan fingerprint density at radius 1 is 0.878 bits per heavy atom. The number of hydrogen-bond donors (Lipinski definition) is 3. The minimum atomic E-state index is -1.13. The number of carboxylic acids is 1. The number of carboxylic acid groups (broad SMARTS) is 1. The van der Waals surface area contributed by atoms with Crippen LogP contribution >= 0.6 is 0 Å². The van der Waals surface area contributed by atoms with E-state index in [0.29, 0.717) is 46.1 Å². The number of carbonyl (C=O) groups is 3. The summed E-state index contributed by atoms with van der Waals surface area (Å²) in [6.45, 7) is 11.8. The Bertz CT molecular complexity index is 1800. The zero-order valence-corrected chi connectivity index (χ0v) is 28.3. The molecule has 0 radical (unpaired) electrons. The van der Waals surface area contributed by atoms with Crippen LogP contribution in [0.4, 0.5) is 17.6 Å². The van der Waals surface area contributed by atoms with Gasteiger partial charge in [-0.1, -0.05) is 13.8 Å². The zero-order valence-electron chi connectivity index (χ0n) is 28.3. The minimum absolute atomic E-state index is 0.0713. The highest BCUT2D eigenvalue weighted by molar-refractivity contribution is 5.93. The number of nitrogens with one attached hydrogen (secondary N) is 2. The molecule has 1 unspecified atom stereocenters. The molecule has 0 bridgehead atoms. The van der Waals surface area contributed by atoms with Gasteiger partial charge in [-0.05, 0) is 123 Å². The van der Waals surface area contributed by atoms with E-state index in [1.165, 1.54) is 60.1 Å². The van der Waals surface area contributed by atoms with Gasteiger partial charge in [0.05, 0.1) is 6.42 Å². The summed E-state index contributed by atoms with van der Waals surface area (Å²) in [5.41, 5.74) is 2.98. The van der Waals surface area contributed by atoms with Gasteiger partial charge < -0.3 is 20.5 Å². The van der Waals surface area contributed by atoms with E-state index < -0.39 is 41.4 Å². The molecule has 0 saturated heterocycles. The minimum Gasteiger partial charge on any atom is -0.481 e. The second kappa shape index (κ2) is 18.4. The van der Waals surface area contributed by atoms with Gasteiger partial charge in [-0.2, -0.15) is 0 Å². The average Bonchev–Trinajstić information content (AvgIpc) is 3.03. The summed E-state index contributed by atoms with van der Waals surface area (Å²) in [4.78, 5) is 43.8. The largest absolute Gasteiger partial charge is 0.481 e. The van der Waals surface area contributed by atoms with Crippen molar-refractivity contribution in [3.63, 3.8) is 0 Å². The van der Waals surface area contributed by atoms with Gasteiger partial charge in [0.25, 0.3) is 11.5 Å². The summed E-state index contributed by atoms with van der Waals surface area (Å²) in [5, 5.41) is 14.4. The Morgan fingerprint density at radius 3 is 2.00 bits per heavy atom. The SMILES string of the molecule is C=O.CNC(CC(=O)O)c1cc(-c2c(C)cc(F)cc2C)cc(F)c1F.Cc1ccc(C(=O)NCCC(C)C)c(=O)n1-c1ccc(F)cc1. The molecule has 0 aliphatic heterocycles. The number of halogens is 4. The number of aryl methyl sites for hydroxylation is 3. The highest BCUT2D eigenvalue weighted by Crippen LogP contribution is 2.33. The molecule has 0 saturated carbocycles. The van der Waals surface area contributed by atoms with Crippen molar-refractivity contribution in [2.24, 2.45) is 5.92 Å². The molecule has 12 heteroatoms. The first-order valence-electron chi connectivity index (χ1n) is 15.3. The van der Waals surface area contributed by atoms with Crippen LogP contribution in [0.1, 0.15) is 65.5 Å². The maximum absolute atomic E-state index is 14.2. The van der Waals surface area contributed by atoms with Crippen LogP contribution < -0.4 is 16.2 Å². The van der Waals surface area contributed by atoms with Crippen LogP contribution in [0.2, 0.25) is 0 Å². The van der Waals surface area contributed by atoms with Crippen LogP contribution in [-0.2, 0) is 9.59 Å². The zero-order chi connectivity index (χ0) is 37.0. The number of amides is 1. The lowest BCUT2D eigenvalue weighted by Crippen LogP contribution is -2.34. The van der Waals surface area contributed by atoms with Crippen molar-refractivity contribution < 1.29 is 37.1 Å². The molecule has 262 valence electrons. The van der Waals surface area contributed by atoms with Crippen LogP contribution in [0.3, 0.4) is 0 Å². The van der Waals surface area contributed by atoms with E-state index in [2.05, 4.69) is 24.5 Å². The quantitative estimate of drug-likeness (QED) is 0.155. The molecule has 3 aromatic carbocycles. The molecule has 0 spiro atoms.